The maximum absolute atomic E-state index is 11.2. The Hall–Kier alpha value is -2.53. The number of aliphatic carboxylic acids is 1. The minimum Gasteiger partial charge on any atom is -0.485 e. The highest BCUT2D eigenvalue weighted by Gasteiger charge is 2.25. The predicted molar refractivity (Wildman–Crippen MR) is 97.4 cm³/mol. The average Bonchev–Trinajstić information content (AvgIpc) is 2.68. The molecule has 0 aromatic heterocycles. The van der Waals surface area contributed by atoms with E-state index in [9.17, 15) is 9.90 Å². The van der Waals surface area contributed by atoms with Crippen LogP contribution in [0.4, 0.5) is 0 Å². The van der Waals surface area contributed by atoms with E-state index >= 15 is 0 Å². The monoisotopic (exact) mass is 353 g/mol. The Morgan fingerprint density at radius 3 is 2.65 bits per heavy atom. The van der Waals surface area contributed by atoms with E-state index in [2.05, 4.69) is 29.2 Å². The predicted octanol–water partition coefficient (Wildman–Crippen LogP) is 3.50. The Morgan fingerprint density at radius 1 is 1.12 bits per heavy atom. The lowest BCUT2D eigenvalue weighted by molar-refractivity contribution is -0.143. The zero-order valence-corrected chi connectivity index (χ0v) is 14.6. The quantitative estimate of drug-likeness (QED) is 0.912. The number of carbonyl (C=O) groups is 1. The van der Waals surface area contributed by atoms with Gasteiger partial charge in [-0.05, 0) is 42.6 Å². The van der Waals surface area contributed by atoms with Gasteiger partial charge in [0.2, 0.25) is 0 Å². The zero-order valence-electron chi connectivity index (χ0n) is 14.6. The van der Waals surface area contributed by atoms with Gasteiger partial charge in [-0.1, -0.05) is 36.4 Å². The number of para-hydroxylation sites is 2. The van der Waals surface area contributed by atoms with Gasteiger partial charge in [0, 0.05) is 13.1 Å². The number of likely N-dealkylation sites (tertiary alicyclic amines) is 1. The molecule has 5 heteroatoms. The number of hydrogen-bond donors (Lipinski definition) is 1. The van der Waals surface area contributed by atoms with Crippen LogP contribution >= 0.6 is 0 Å². The first-order chi connectivity index (χ1) is 12.7. The topological polar surface area (TPSA) is 59.0 Å². The summed E-state index contributed by atoms with van der Waals surface area (Å²) < 4.78 is 11.8. The first-order valence-corrected chi connectivity index (χ1v) is 9.11. The molecule has 1 saturated heterocycles. The Balaban J connectivity index is 1.39. The molecule has 2 aliphatic heterocycles. The van der Waals surface area contributed by atoms with Gasteiger partial charge in [0.05, 0.1) is 5.92 Å². The van der Waals surface area contributed by atoms with Gasteiger partial charge in [0.1, 0.15) is 6.61 Å². The second-order valence-corrected chi connectivity index (χ2v) is 7.02. The molecule has 2 heterocycles. The summed E-state index contributed by atoms with van der Waals surface area (Å²) in [6, 6.07) is 16.1. The van der Waals surface area contributed by atoms with Crippen LogP contribution in [0.15, 0.2) is 48.5 Å². The Labute approximate surface area is 153 Å². The SMILES string of the molecule is O=C(O)C1CCCN(Cc2ccc([C@H]3COc4ccccc4O3)cc2)C1. The summed E-state index contributed by atoms with van der Waals surface area (Å²) >= 11 is 0. The molecule has 2 aromatic carbocycles. The second kappa shape index (κ2) is 7.38. The number of nitrogens with zero attached hydrogens (tertiary/aromatic N) is 1. The molecule has 1 unspecified atom stereocenters. The molecule has 2 aliphatic rings. The molecule has 5 nitrogen and oxygen atoms in total. The number of rotatable bonds is 4. The van der Waals surface area contributed by atoms with E-state index in [1.165, 1.54) is 5.56 Å². The van der Waals surface area contributed by atoms with Crippen molar-refractivity contribution in [3.63, 3.8) is 0 Å². The van der Waals surface area contributed by atoms with Crippen molar-refractivity contribution in [2.24, 2.45) is 5.92 Å². The van der Waals surface area contributed by atoms with Crippen LogP contribution < -0.4 is 9.47 Å². The summed E-state index contributed by atoms with van der Waals surface area (Å²) in [6.45, 7) is 2.88. The standard InChI is InChI=1S/C21H23NO4/c23-21(24)17-4-3-11-22(13-17)12-15-7-9-16(10-8-15)20-14-25-18-5-1-2-6-19(18)26-20/h1-2,5-10,17,20H,3-4,11-14H2,(H,23,24)/t17?,20-/m1/s1. The molecule has 4 rings (SSSR count). The van der Waals surface area contributed by atoms with Crippen molar-refractivity contribution >= 4 is 5.97 Å². The highest BCUT2D eigenvalue weighted by Crippen LogP contribution is 2.35. The third-order valence-corrected chi connectivity index (χ3v) is 5.12. The van der Waals surface area contributed by atoms with Crippen molar-refractivity contribution in [3.8, 4) is 11.5 Å². The molecule has 1 fully saturated rings. The van der Waals surface area contributed by atoms with E-state index in [1.807, 2.05) is 24.3 Å². The summed E-state index contributed by atoms with van der Waals surface area (Å²) in [5, 5.41) is 9.22. The highest BCUT2D eigenvalue weighted by atomic mass is 16.6. The van der Waals surface area contributed by atoms with Crippen molar-refractivity contribution in [3.05, 3.63) is 59.7 Å². The van der Waals surface area contributed by atoms with Crippen molar-refractivity contribution in [2.75, 3.05) is 19.7 Å². The van der Waals surface area contributed by atoms with Crippen LogP contribution in [0.3, 0.4) is 0 Å². The van der Waals surface area contributed by atoms with E-state index in [4.69, 9.17) is 9.47 Å². The van der Waals surface area contributed by atoms with Crippen LogP contribution in [0.25, 0.3) is 0 Å². The van der Waals surface area contributed by atoms with Gasteiger partial charge in [-0.3, -0.25) is 9.69 Å². The maximum atomic E-state index is 11.2. The van der Waals surface area contributed by atoms with Gasteiger partial charge in [0.15, 0.2) is 17.6 Å². The van der Waals surface area contributed by atoms with Crippen LogP contribution in [0, 0.1) is 5.92 Å². The fourth-order valence-corrected chi connectivity index (χ4v) is 3.68. The van der Waals surface area contributed by atoms with E-state index < -0.39 is 5.97 Å². The van der Waals surface area contributed by atoms with Gasteiger partial charge in [-0.2, -0.15) is 0 Å². The molecule has 0 saturated carbocycles. The fraction of sp³-hybridized carbons (Fsp3) is 0.381. The zero-order chi connectivity index (χ0) is 17.9. The van der Waals surface area contributed by atoms with Gasteiger partial charge in [-0.25, -0.2) is 0 Å². The lowest BCUT2D eigenvalue weighted by Crippen LogP contribution is -2.38. The highest BCUT2D eigenvalue weighted by molar-refractivity contribution is 5.70. The second-order valence-electron chi connectivity index (χ2n) is 7.02. The molecule has 0 bridgehead atoms. The first kappa shape index (κ1) is 16.9. The van der Waals surface area contributed by atoms with E-state index in [0.29, 0.717) is 13.2 Å². The number of piperidine rings is 1. The Kier molecular flexibility index (Phi) is 4.80. The van der Waals surface area contributed by atoms with Crippen LogP contribution in [0.1, 0.15) is 30.1 Å². The van der Waals surface area contributed by atoms with Crippen molar-refractivity contribution in [1.82, 2.24) is 4.90 Å². The normalized spacial score (nSPS) is 22.8. The largest absolute Gasteiger partial charge is 0.485 e. The summed E-state index contributed by atoms with van der Waals surface area (Å²) in [6.07, 6.45) is 1.62. The van der Waals surface area contributed by atoms with E-state index in [1.54, 1.807) is 0 Å². The molecule has 0 amide bonds. The molecular formula is C21H23NO4. The first-order valence-electron chi connectivity index (χ1n) is 9.11. The van der Waals surface area contributed by atoms with Gasteiger partial charge in [0.25, 0.3) is 0 Å². The molecule has 0 aliphatic carbocycles. The average molecular weight is 353 g/mol. The molecule has 136 valence electrons. The van der Waals surface area contributed by atoms with Crippen molar-refractivity contribution < 1.29 is 19.4 Å². The number of carboxylic acids is 1. The van der Waals surface area contributed by atoms with E-state index in [-0.39, 0.29) is 12.0 Å². The summed E-state index contributed by atoms with van der Waals surface area (Å²) in [4.78, 5) is 13.4. The summed E-state index contributed by atoms with van der Waals surface area (Å²) in [5.41, 5.74) is 2.28. The van der Waals surface area contributed by atoms with E-state index in [0.717, 1.165) is 43.0 Å². The number of ether oxygens (including phenoxy) is 2. The molecule has 0 spiro atoms. The molecule has 2 aromatic rings. The van der Waals surface area contributed by atoms with Crippen molar-refractivity contribution in [1.29, 1.82) is 0 Å². The molecular weight excluding hydrogens is 330 g/mol. The fourth-order valence-electron chi connectivity index (χ4n) is 3.68. The third-order valence-electron chi connectivity index (χ3n) is 5.12. The molecule has 2 atom stereocenters. The van der Waals surface area contributed by atoms with Crippen LogP contribution in [0.5, 0.6) is 11.5 Å². The maximum Gasteiger partial charge on any atom is 0.307 e. The summed E-state index contributed by atoms with van der Waals surface area (Å²) in [5.74, 6) is 0.648. The Morgan fingerprint density at radius 2 is 1.88 bits per heavy atom. The van der Waals surface area contributed by atoms with Gasteiger partial charge in [-0.15, -0.1) is 0 Å². The minimum atomic E-state index is -0.681. The number of carboxylic acid groups (broad SMARTS) is 1. The van der Waals surface area contributed by atoms with Crippen molar-refractivity contribution in [2.45, 2.75) is 25.5 Å². The third kappa shape index (κ3) is 3.68. The van der Waals surface area contributed by atoms with Gasteiger partial charge >= 0.3 is 5.97 Å². The Bertz CT molecular complexity index is 774. The van der Waals surface area contributed by atoms with Crippen LogP contribution in [-0.4, -0.2) is 35.7 Å². The molecule has 1 N–H and O–H groups in total. The number of benzene rings is 2. The number of hydrogen-bond acceptors (Lipinski definition) is 4. The lowest BCUT2D eigenvalue weighted by Gasteiger charge is -2.30. The molecule has 0 radical (unpaired) electrons. The number of fused-ring (bicyclic) bond motifs is 1. The minimum absolute atomic E-state index is 0.106. The lowest BCUT2D eigenvalue weighted by atomic mass is 9.97. The summed E-state index contributed by atoms with van der Waals surface area (Å²) in [7, 11) is 0. The smallest absolute Gasteiger partial charge is 0.307 e. The van der Waals surface area contributed by atoms with Crippen LogP contribution in [0.2, 0.25) is 0 Å². The molecule has 26 heavy (non-hydrogen) atoms. The van der Waals surface area contributed by atoms with Gasteiger partial charge < -0.3 is 14.6 Å². The van der Waals surface area contributed by atoms with Crippen LogP contribution in [-0.2, 0) is 11.3 Å².